The van der Waals surface area contributed by atoms with E-state index in [-0.39, 0.29) is 30.4 Å². The number of anilines is 1. The molecule has 1 saturated heterocycles. The standard InChI is InChI=1S/C15H16N4O6.ClH/c16-10-3-5-19(15(23)18-10)13-12(21)11(20)9(25-13)7-24-14(22)8-2-1-4-17-6-8;/h1-6,9,11-13,20-21H,7H2,(H2,16,18,23);1H/t9-,11-,12+,13-;/m1./s1. The molecule has 0 unspecified atom stereocenters. The van der Waals surface area contributed by atoms with Gasteiger partial charge in [0.05, 0.1) is 5.56 Å². The number of ether oxygens (including phenoxy) is 2. The first kappa shape index (κ1) is 19.8. The van der Waals surface area contributed by atoms with Crippen LogP contribution in [0.5, 0.6) is 0 Å². The van der Waals surface area contributed by atoms with Crippen molar-refractivity contribution in [3.8, 4) is 0 Å². The van der Waals surface area contributed by atoms with E-state index in [1.165, 1.54) is 30.7 Å². The number of aliphatic hydroxyl groups is 2. The van der Waals surface area contributed by atoms with Gasteiger partial charge in [-0.05, 0) is 18.2 Å². The molecule has 0 amide bonds. The highest BCUT2D eigenvalue weighted by atomic mass is 35.5. The number of pyridine rings is 1. The fraction of sp³-hybridized carbons (Fsp3) is 0.333. The highest BCUT2D eigenvalue weighted by Gasteiger charge is 2.44. The minimum Gasteiger partial charge on any atom is -0.459 e. The molecule has 4 N–H and O–H groups in total. The number of halogens is 1. The summed E-state index contributed by atoms with van der Waals surface area (Å²) in [5, 5.41) is 20.2. The molecular formula is C15H17ClN4O6. The van der Waals surface area contributed by atoms with E-state index in [2.05, 4.69) is 9.97 Å². The highest BCUT2D eigenvalue weighted by Crippen LogP contribution is 2.28. The first-order valence-corrected chi connectivity index (χ1v) is 7.41. The Kier molecular flexibility index (Phi) is 6.27. The molecule has 0 aliphatic carbocycles. The number of nitrogen functional groups attached to an aromatic ring is 1. The number of aromatic nitrogens is 3. The van der Waals surface area contributed by atoms with Gasteiger partial charge in [0.15, 0.2) is 6.23 Å². The van der Waals surface area contributed by atoms with Gasteiger partial charge in [0.25, 0.3) is 0 Å². The van der Waals surface area contributed by atoms with Crippen molar-refractivity contribution in [1.82, 2.24) is 14.5 Å². The van der Waals surface area contributed by atoms with Gasteiger partial charge in [0.2, 0.25) is 0 Å². The predicted molar refractivity (Wildman–Crippen MR) is 90.6 cm³/mol. The molecule has 0 aromatic carbocycles. The molecule has 1 aliphatic heterocycles. The third-order valence-electron chi connectivity index (χ3n) is 3.74. The maximum Gasteiger partial charge on any atom is 0.351 e. The lowest BCUT2D eigenvalue weighted by Crippen LogP contribution is -2.36. The second kappa shape index (κ2) is 8.23. The van der Waals surface area contributed by atoms with Crippen LogP contribution in [0.25, 0.3) is 0 Å². The molecule has 2 aromatic rings. The summed E-state index contributed by atoms with van der Waals surface area (Å²) in [6.07, 6.45) is -0.773. The van der Waals surface area contributed by atoms with Gasteiger partial charge in [0.1, 0.15) is 30.7 Å². The molecule has 2 aromatic heterocycles. The van der Waals surface area contributed by atoms with Gasteiger partial charge in [-0.3, -0.25) is 9.55 Å². The highest BCUT2D eigenvalue weighted by molar-refractivity contribution is 5.88. The van der Waals surface area contributed by atoms with Crippen LogP contribution in [0, 0.1) is 0 Å². The SMILES string of the molecule is Cl.Nc1ccn([C@@H]2O[C@H](COC(=O)c3cccnc3)[C@@H](O)[C@@H]2O)c(=O)n1. The normalized spacial score (nSPS) is 24.7. The number of nitrogens with two attached hydrogens (primary N) is 1. The average Bonchev–Trinajstić information content (AvgIpc) is 2.89. The summed E-state index contributed by atoms with van der Waals surface area (Å²) >= 11 is 0. The van der Waals surface area contributed by atoms with Crippen molar-refractivity contribution in [1.29, 1.82) is 0 Å². The molecule has 0 bridgehead atoms. The Morgan fingerprint density at radius 2 is 2.12 bits per heavy atom. The zero-order valence-electron chi connectivity index (χ0n) is 13.3. The molecular weight excluding hydrogens is 368 g/mol. The van der Waals surface area contributed by atoms with Crippen LogP contribution in [0.1, 0.15) is 16.6 Å². The third-order valence-corrected chi connectivity index (χ3v) is 3.74. The van der Waals surface area contributed by atoms with Crippen LogP contribution in [-0.4, -0.2) is 55.6 Å². The van der Waals surface area contributed by atoms with Crippen molar-refractivity contribution in [2.24, 2.45) is 0 Å². The molecule has 0 spiro atoms. The molecule has 26 heavy (non-hydrogen) atoms. The van der Waals surface area contributed by atoms with Crippen molar-refractivity contribution >= 4 is 24.2 Å². The molecule has 3 rings (SSSR count). The van der Waals surface area contributed by atoms with E-state index in [1.807, 2.05) is 0 Å². The zero-order valence-corrected chi connectivity index (χ0v) is 14.2. The van der Waals surface area contributed by atoms with Gasteiger partial charge in [0, 0.05) is 18.6 Å². The van der Waals surface area contributed by atoms with Crippen molar-refractivity contribution in [3.05, 3.63) is 52.8 Å². The smallest absolute Gasteiger partial charge is 0.351 e. The molecule has 1 fully saturated rings. The van der Waals surface area contributed by atoms with Crippen LogP contribution in [0.3, 0.4) is 0 Å². The monoisotopic (exact) mass is 384 g/mol. The molecule has 0 radical (unpaired) electrons. The Balaban J connectivity index is 0.00000243. The Bertz CT molecular complexity index is 817. The van der Waals surface area contributed by atoms with E-state index >= 15 is 0 Å². The van der Waals surface area contributed by atoms with Crippen LogP contribution >= 0.6 is 12.4 Å². The first-order valence-electron chi connectivity index (χ1n) is 7.41. The topological polar surface area (TPSA) is 150 Å². The summed E-state index contributed by atoms with van der Waals surface area (Å²) in [6, 6.07) is 4.47. The summed E-state index contributed by atoms with van der Waals surface area (Å²) in [6.45, 7) is -0.306. The maximum absolute atomic E-state index is 11.9. The lowest BCUT2D eigenvalue weighted by atomic mass is 10.1. The van der Waals surface area contributed by atoms with Gasteiger partial charge >= 0.3 is 11.7 Å². The van der Waals surface area contributed by atoms with Crippen LogP contribution in [-0.2, 0) is 9.47 Å². The van der Waals surface area contributed by atoms with Crippen molar-refractivity contribution in [2.75, 3.05) is 12.3 Å². The van der Waals surface area contributed by atoms with E-state index in [0.29, 0.717) is 0 Å². The van der Waals surface area contributed by atoms with Crippen molar-refractivity contribution in [2.45, 2.75) is 24.5 Å². The zero-order chi connectivity index (χ0) is 18.0. The van der Waals surface area contributed by atoms with Gasteiger partial charge < -0.3 is 25.4 Å². The number of hydrogen-bond acceptors (Lipinski definition) is 9. The number of esters is 1. The lowest BCUT2D eigenvalue weighted by molar-refractivity contribution is -0.0598. The lowest BCUT2D eigenvalue weighted by Gasteiger charge is -2.16. The second-order valence-corrected chi connectivity index (χ2v) is 5.43. The largest absolute Gasteiger partial charge is 0.459 e. The van der Waals surface area contributed by atoms with Crippen LogP contribution in [0.15, 0.2) is 41.6 Å². The van der Waals surface area contributed by atoms with E-state index in [1.54, 1.807) is 6.07 Å². The van der Waals surface area contributed by atoms with E-state index in [9.17, 15) is 19.8 Å². The molecule has 1 aliphatic rings. The fourth-order valence-electron chi connectivity index (χ4n) is 2.44. The fourth-order valence-corrected chi connectivity index (χ4v) is 2.44. The molecule has 11 heteroatoms. The number of nitrogens with zero attached hydrogens (tertiary/aromatic N) is 3. The van der Waals surface area contributed by atoms with Crippen LogP contribution < -0.4 is 11.4 Å². The quantitative estimate of drug-likeness (QED) is 0.571. The Hall–Kier alpha value is -2.53. The van der Waals surface area contributed by atoms with Gasteiger partial charge in [-0.1, -0.05) is 0 Å². The van der Waals surface area contributed by atoms with E-state index in [4.69, 9.17) is 15.2 Å². The summed E-state index contributed by atoms with van der Waals surface area (Å²) in [5.74, 6) is -0.621. The van der Waals surface area contributed by atoms with Gasteiger partial charge in [-0.15, -0.1) is 12.4 Å². The van der Waals surface area contributed by atoms with Crippen molar-refractivity contribution in [3.63, 3.8) is 0 Å². The van der Waals surface area contributed by atoms with Crippen LogP contribution in [0.2, 0.25) is 0 Å². The minimum atomic E-state index is -1.40. The summed E-state index contributed by atoms with van der Waals surface area (Å²) in [5.41, 5.74) is 4.92. The first-order chi connectivity index (χ1) is 12.0. The Morgan fingerprint density at radius 1 is 1.35 bits per heavy atom. The van der Waals surface area contributed by atoms with E-state index < -0.39 is 36.2 Å². The molecule has 140 valence electrons. The number of hydrogen-bond donors (Lipinski definition) is 3. The van der Waals surface area contributed by atoms with Gasteiger partial charge in [-0.2, -0.15) is 4.98 Å². The summed E-state index contributed by atoms with van der Waals surface area (Å²) < 4.78 is 11.5. The maximum atomic E-state index is 11.9. The Labute approximate surface area is 153 Å². The molecule has 0 saturated carbocycles. The van der Waals surface area contributed by atoms with Crippen LogP contribution in [0.4, 0.5) is 5.82 Å². The van der Waals surface area contributed by atoms with Gasteiger partial charge in [-0.25, -0.2) is 9.59 Å². The Morgan fingerprint density at radius 3 is 2.77 bits per heavy atom. The number of aliphatic hydroxyl groups excluding tert-OH is 2. The number of carbonyl (C=O) groups is 1. The second-order valence-electron chi connectivity index (χ2n) is 5.43. The number of rotatable bonds is 4. The minimum absolute atomic E-state index is 0. The van der Waals surface area contributed by atoms with E-state index in [0.717, 1.165) is 4.57 Å². The summed E-state index contributed by atoms with van der Waals surface area (Å²) in [4.78, 5) is 31.1. The molecule has 3 heterocycles. The third kappa shape index (κ3) is 3.99. The van der Waals surface area contributed by atoms with Crippen molar-refractivity contribution < 1.29 is 24.5 Å². The number of carbonyl (C=O) groups excluding carboxylic acids is 1. The molecule has 4 atom stereocenters. The summed E-state index contributed by atoms with van der Waals surface area (Å²) in [7, 11) is 0. The predicted octanol–water partition coefficient (Wildman–Crippen LogP) is -0.881. The average molecular weight is 385 g/mol. The molecule has 10 nitrogen and oxygen atoms in total.